The van der Waals surface area contributed by atoms with Gasteiger partial charge in [0.2, 0.25) is 5.88 Å². The highest BCUT2D eigenvalue weighted by Crippen LogP contribution is 2.28. The average Bonchev–Trinajstić information content (AvgIpc) is 3.12. The third kappa shape index (κ3) is 2.38. The van der Waals surface area contributed by atoms with Crippen LogP contribution in [0.4, 0.5) is 0 Å². The molecule has 0 aliphatic carbocycles. The van der Waals surface area contributed by atoms with Crippen LogP contribution >= 0.6 is 0 Å². The summed E-state index contributed by atoms with van der Waals surface area (Å²) in [7, 11) is 0. The summed E-state index contributed by atoms with van der Waals surface area (Å²) in [6, 6.07) is 15.6. The predicted molar refractivity (Wildman–Crippen MR) is 91.1 cm³/mol. The number of rotatable bonds is 4. The molecule has 0 N–H and O–H groups in total. The second kappa shape index (κ2) is 6.08. The first-order valence-corrected chi connectivity index (χ1v) is 7.72. The third-order valence-electron chi connectivity index (χ3n) is 3.69. The second-order valence-electron chi connectivity index (χ2n) is 5.15. The number of nitrogens with zero attached hydrogens (tertiary/aromatic N) is 5. The van der Waals surface area contributed by atoms with Crippen LogP contribution < -0.4 is 4.74 Å². The summed E-state index contributed by atoms with van der Waals surface area (Å²) in [5.41, 5.74) is 1.69. The van der Waals surface area contributed by atoms with Crippen LogP contribution in [-0.2, 0) is 0 Å². The SMILES string of the molecule is CCOc1nnc(-n2nccc2-c2ccccn2)c2ccccc12. The molecular formula is C18H15N5O. The minimum atomic E-state index is 0.531. The van der Waals surface area contributed by atoms with Gasteiger partial charge < -0.3 is 4.74 Å². The highest BCUT2D eigenvalue weighted by atomic mass is 16.5. The summed E-state index contributed by atoms with van der Waals surface area (Å²) in [5.74, 6) is 1.18. The predicted octanol–water partition coefficient (Wildman–Crippen LogP) is 3.28. The molecule has 3 heterocycles. The van der Waals surface area contributed by atoms with Crippen molar-refractivity contribution in [3.8, 4) is 23.1 Å². The van der Waals surface area contributed by atoms with Crippen molar-refractivity contribution < 1.29 is 4.74 Å². The topological polar surface area (TPSA) is 65.7 Å². The van der Waals surface area contributed by atoms with E-state index >= 15 is 0 Å². The van der Waals surface area contributed by atoms with E-state index in [9.17, 15) is 0 Å². The van der Waals surface area contributed by atoms with Crippen LogP contribution in [0.3, 0.4) is 0 Å². The van der Waals surface area contributed by atoms with Gasteiger partial charge >= 0.3 is 0 Å². The molecule has 1 aromatic carbocycles. The monoisotopic (exact) mass is 317 g/mol. The number of hydrogen-bond acceptors (Lipinski definition) is 5. The van der Waals surface area contributed by atoms with Gasteiger partial charge in [-0.1, -0.05) is 24.3 Å². The van der Waals surface area contributed by atoms with Crippen LogP contribution in [0.25, 0.3) is 28.0 Å². The summed E-state index contributed by atoms with van der Waals surface area (Å²) in [4.78, 5) is 4.40. The lowest BCUT2D eigenvalue weighted by Crippen LogP contribution is -2.06. The van der Waals surface area contributed by atoms with Crippen molar-refractivity contribution >= 4 is 10.8 Å². The average molecular weight is 317 g/mol. The Morgan fingerprint density at radius 1 is 0.917 bits per heavy atom. The maximum atomic E-state index is 5.59. The van der Waals surface area contributed by atoms with Crippen molar-refractivity contribution in [1.29, 1.82) is 0 Å². The molecule has 0 unspecified atom stereocenters. The standard InChI is InChI=1S/C18H15N5O/c1-2-24-18-14-8-4-3-7-13(14)17(21-22-18)23-16(10-12-20-23)15-9-5-6-11-19-15/h3-12H,2H2,1H3. The van der Waals surface area contributed by atoms with E-state index in [1.54, 1.807) is 17.1 Å². The Balaban J connectivity index is 1.93. The fourth-order valence-corrected chi connectivity index (χ4v) is 2.65. The number of pyridine rings is 1. The number of ether oxygens (including phenoxy) is 1. The van der Waals surface area contributed by atoms with Gasteiger partial charge in [0.25, 0.3) is 0 Å². The van der Waals surface area contributed by atoms with Crippen LogP contribution in [0.15, 0.2) is 60.9 Å². The maximum Gasteiger partial charge on any atom is 0.241 e. The van der Waals surface area contributed by atoms with Crippen LogP contribution in [0.1, 0.15) is 6.92 Å². The molecule has 0 spiro atoms. The minimum absolute atomic E-state index is 0.531. The van der Waals surface area contributed by atoms with Crippen LogP contribution in [-0.4, -0.2) is 31.6 Å². The van der Waals surface area contributed by atoms with Crippen LogP contribution in [0.2, 0.25) is 0 Å². The minimum Gasteiger partial charge on any atom is -0.476 e. The molecule has 0 aliphatic heterocycles. The molecule has 0 atom stereocenters. The van der Waals surface area contributed by atoms with E-state index in [1.165, 1.54) is 0 Å². The van der Waals surface area contributed by atoms with Gasteiger partial charge in [-0.05, 0) is 31.2 Å². The van der Waals surface area contributed by atoms with Crippen molar-refractivity contribution in [1.82, 2.24) is 25.0 Å². The Morgan fingerprint density at radius 2 is 1.75 bits per heavy atom. The summed E-state index contributed by atoms with van der Waals surface area (Å²) in [6.45, 7) is 2.47. The zero-order valence-electron chi connectivity index (χ0n) is 13.1. The molecule has 6 heteroatoms. The third-order valence-corrected chi connectivity index (χ3v) is 3.69. The summed E-state index contributed by atoms with van der Waals surface area (Å²) in [5, 5.41) is 14.8. The summed E-state index contributed by atoms with van der Waals surface area (Å²) in [6.07, 6.45) is 3.49. The van der Waals surface area contributed by atoms with Crippen molar-refractivity contribution in [2.45, 2.75) is 6.92 Å². The van der Waals surface area contributed by atoms with Crippen molar-refractivity contribution in [3.05, 3.63) is 60.9 Å². The molecule has 0 fully saturated rings. The second-order valence-corrected chi connectivity index (χ2v) is 5.15. The lowest BCUT2D eigenvalue weighted by molar-refractivity contribution is 0.327. The zero-order chi connectivity index (χ0) is 16.4. The molecule has 4 rings (SSSR count). The van der Waals surface area contributed by atoms with Crippen LogP contribution in [0.5, 0.6) is 5.88 Å². The van der Waals surface area contributed by atoms with Gasteiger partial charge in [-0.2, -0.15) is 5.10 Å². The molecule has 0 bridgehead atoms. The van der Waals surface area contributed by atoms with E-state index in [0.717, 1.165) is 22.2 Å². The van der Waals surface area contributed by atoms with E-state index in [0.29, 0.717) is 18.3 Å². The van der Waals surface area contributed by atoms with E-state index < -0.39 is 0 Å². The maximum absolute atomic E-state index is 5.59. The Labute approximate surface area is 138 Å². The Morgan fingerprint density at radius 3 is 2.54 bits per heavy atom. The largest absolute Gasteiger partial charge is 0.476 e. The smallest absolute Gasteiger partial charge is 0.241 e. The quantitative estimate of drug-likeness (QED) is 0.578. The van der Waals surface area contributed by atoms with Gasteiger partial charge in [0.05, 0.1) is 24.2 Å². The molecule has 118 valence electrons. The molecular weight excluding hydrogens is 302 g/mol. The highest BCUT2D eigenvalue weighted by Gasteiger charge is 2.15. The Bertz CT molecular complexity index is 981. The lowest BCUT2D eigenvalue weighted by atomic mass is 10.2. The van der Waals surface area contributed by atoms with Crippen molar-refractivity contribution in [2.75, 3.05) is 6.61 Å². The molecule has 0 aliphatic rings. The first-order valence-electron chi connectivity index (χ1n) is 7.72. The van der Waals surface area contributed by atoms with Crippen molar-refractivity contribution in [3.63, 3.8) is 0 Å². The summed E-state index contributed by atoms with van der Waals surface area (Å²) < 4.78 is 7.35. The normalized spacial score (nSPS) is 10.9. The van der Waals surface area contributed by atoms with Crippen LogP contribution in [0, 0.1) is 0 Å². The van der Waals surface area contributed by atoms with E-state index in [2.05, 4.69) is 20.3 Å². The van der Waals surface area contributed by atoms with Gasteiger partial charge in [-0.25, -0.2) is 4.68 Å². The van der Waals surface area contributed by atoms with Gasteiger partial charge in [0, 0.05) is 17.0 Å². The fraction of sp³-hybridized carbons (Fsp3) is 0.111. The molecule has 4 aromatic rings. The first kappa shape index (κ1) is 14.3. The number of fused-ring (bicyclic) bond motifs is 1. The molecule has 6 nitrogen and oxygen atoms in total. The number of benzene rings is 1. The van der Waals surface area contributed by atoms with Gasteiger partial charge in [-0.3, -0.25) is 4.98 Å². The molecule has 0 radical (unpaired) electrons. The summed E-state index contributed by atoms with van der Waals surface area (Å²) >= 11 is 0. The van der Waals surface area contributed by atoms with Crippen molar-refractivity contribution in [2.24, 2.45) is 0 Å². The van der Waals surface area contributed by atoms with Gasteiger partial charge in [0.1, 0.15) is 0 Å². The fourth-order valence-electron chi connectivity index (χ4n) is 2.65. The van der Waals surface area contributed by atoms with E-state index in [-0.39, 0.29) is 0 Å². The zero-order valence-corrected chi connectivity index (χ0v) is 13.1. The highest BCUT2D eigenvalue weighted by molar-refractivity contribution is 5.92. The molecule has 3 aromatic heterocycles. The molecule has 0 saturated heterocycles. The Hall–Kier alpha value is -3.28. The number of hydrogen-bond donors (Lipinski definition) is 0. The van der Waals surface area contributed by atoms with E-state index in [4.69, 9.17) is 4.74 Å². The molecule has 0 saturated carbocycles. The van der Waals surface area contributed by atoms with E-state index in [1.807, 2.05) is 55.5 Å². The Kier molecular flexibility index (Phi) is 3.63. The lowest BCUT2D eigenvalue weighted by Gasteiger charge is -2.11. The first-order chi connectivity index (χ1) is 11.9. The molecule has 0 amide bonds. The molecule has 24 heavy (non-hydrogen) atoms. The van der Waals surface area contributed by atoms with Gasteiger partial charge in [0.15, 0.2) is 5.82 Å². The van der Waals surface area contributed by atoms with Gasteiger partial charge in [-0.15, -0.1) is 10.2 Å². The number of aromatic nitrogens is 5.